The quantitative estimate of drug-likeness (QED) is 0.182. The van der Waals surface area contributed by atoms with Crippen molar-refractivity contribution in [1.29, 1.82) is 0 Å². The summed E-state index contributed by atoms with van der Waals surface area (Å²) in [7, 11) is 0. The fourth-order valence-electron chi connectivity index (χ4n) is 10.1. The molecule has 0 bridgehead atoms. The van der Waals surface area contributed by atoms with Crippen LogP contribution in [0.1, 0.15) is 46.6 Å². The second-order valence-corrected chi connectivity index (χ2v) is 16.4. The van der Waals surface area contributed by atoms with Crippen molar-refractivity contribution in [3.05, 3.63) is 234 Å². The van der Waals surface area contributed by atoms with Gasteiger partial charge < -0.3 is 14.6 Å². The molecular formula is C57H42N2O. The maximum Gasteiger partial charge on any atom is 0.131 e. The number of para-hydroxylation sites is 1. The SMILES string of the molecule is C1=C2Oc3cccc(-c4ccc(C5Cc6ccccc6N[C@H]5c5ccccc5)cc4)c3C2CC=C1n1c2cc(-c3ccccc3)ccc2c2ccc(-c3ccccc3)cc21. The highest BCUT2D eigenvalue weighted by molar-refractivity contribution is 6.12. The molecule has 3 heteroatoms. The number of fused-ring (bicyclic) bond motifs is 7. The molecule has 286 valence electrons. The Hall–Kier alpha value is -7.36. The third-order valence-electron chi connectivity index (χ3n) is 13.1. The van der Waals surface area contributed by atoms with E-state index < -0.39 is 0 Å². The minimum atomic E-state index is 0.147. The van der Waals surface area contributed by atoms with Crippen LogP contribution in [-0.2, 0) is 6.42 Å². The van der Waals surface area contributed by atoms with Gasteiger partial charge in [0.15, 0.2) is 0 Å². The van der Waals surface area contributed by atoms with Gasteiger partial charge >= 0.3 is 0 Å². The van der Waals surface area contributed by atoms with E-state index in [0.717, 1.165) is 30.0 Å². The number of hydrogen-bond donors (Lipinski definition) is 1. The summed E-state index contributed by atoms with van der Waals surface area (Å²) in [5.41, 5.74) is 17.4. The molecular weight excluding hydrogens is 729 g/mol. The molecule has 2 unspecified atom stereocenters. The molecule has 0 saturated heterocycles. The third-order valence-corrected chi connectivity index (χ3v) is 13.1. The predicted molar refractivity (Wildman–Crippen MR) is 248 cm³/mol. The molecule has 1 aliphatic carbocycles. The molecule has 3 aliphatic rings. The molecule has 2 aliphatic heterocycles. The largest absolute Gasteiger partial charge is 0.461 e. The van der Waals surface area contributed by atoms with Crippen molar-refractivity contribution in [2.45, 2.75) is 30.7 Å². The highest BCUT2D eigenvalue weighted by Crippen LogP contribution is 2.51. The summed E-state index contributed by atoms with van der Waals surface area (Å²) in [6.45, 7) is 0. The lowest BCUT2D eigenvalue weighted by atomic mass is 9.79. The summed E-state index contributed by atoms with van der Waals surface area (Å²) in [5, 5.41) is 6.39. The van der Waals surface area contributed by atoms with E-state index in [0.29, 0.717) is 5.92 Å². The molecule has 1 aromatic heterocycles. The van der Waals surface area contributed by atoms with Gasteiger partial charge in [-0.2, -0.15) is 0 Å². The molecule has 0 radical (unpaired) electrons. The summed E-state index contributed by atoms with van der Waals surface area (Å²) < 4.78 is 9.28. The Morgan fingerprint density at radius 1 is 0.517 bits per heavy atom. The Kier molecular flexibility index (Phi) is 8.19. The molecule has 0 spiro atoms. The van der Waals surface area contributed by atoms with E-state index in [-0.39, 0.29) is 12.0 Å². The molecule has 3 heterocycles. The van der Waals surface area contributed by atoms with Crippen LogP contribution in [0.15, 0.2) is 212 Å². The van der Waals surface area contributed by atoms with Crippen LogP contribution in [-0.4, -0.2) is 4.57 Å². The molecule has 0 amide bonds. The molecule has 3 atom stereocenters. The van der Waals surface area contributed by atoms with E-state index in [1.807, 2.05) is 0 Å². The normalized spacial score (nSPS) is 17.8. The monoisotopic (exact) mass is 770 g/mol. The number of ether oxygens (including phenoxy) is 1. The van der Waals surface area contributed by atoms with E-state index in [9.17, 15) is 0 Å². The van der Waals surface area contributed by atoms with E-state index in [4.69, 9.17) is 4.74 Å². The molecule has 12 rings (SSSR count). The number of nitrogens with zero attached hydrogens (tertiary/aromatic N) is 1. The first kappa shape index (κ1) is 34.7. The van der Waals surface area contributed by atoms with Crippen molar-refractivity contribution >= 4 is 33.2 Å². The maximum atomic E-state index is 6.83. The lowest BCUT2D eigenvalue weighted by Crippen LogP contribution is -2.26. The Labute approximate surface area is 350 Å². The van der Waals surface area contributed by atoms with Gasteiger partial charge in [0.25, 0.3) is 0 Å². The lowest BCUT2D eigenvalue weighted by Gasteiger charge is -2.35. The van der Waals surface area contributed by atoms with Gasteiger partial charge in [0.2, 0.25) is 0 Å². The van der Waals surface area contributed by atoms with Crippen LogP contribution in [0.2, 0.25) is 0 Å². The van der Waals surface area contributed by atoms with E-state index >= 15 is 0 Å². The smallest absolute Gasteiger partial charge is 0.131 e. The summed E-state index contributed by atoms with van der Waals surface area (Å²) in [5.74, 6) is 2.43. The van der Waals surface area contributed by atoms with Crippen LogP contribution < -0.4 is 10.1 Å². The van der Waals surface area contributed by atoms with Gasteiger partial charge in [-0.15, -0.1) is 0 Å². The zero-order valence-corrected chi connectivity index (χ0v) is 33.1. The lowest BCUT2D eigenvalue weighted by molar-refractivity contribution is 0.425. The molecule has 0 saturated carbocycles. The van der Waals surface area contributed by atoms with Crippen LogP contribution in [0.3, 0.4) is 0 Å². The first-order chi connectivity index (χ1) is 29.7. The van der Waals surface area contributed by atoms with Gasteiger partial charge in [-0.25, -0.2) is 0 Å². The number of benzene rings is 8. The van der Waals surface area contributed by atoms with Crippen molar-refractivity contribution in [3.8, 4) is 39.1 Å². The molecule has 1 N–H and O–H groups in total. The second kappa shape index (κ2) is 14.2. The van der Waals surface area contributed by atoms with Gasteiger partial charge in [0.1, 0.15) is 11.5 Å². The zero-order valence-electron chi connectivity index (χ0n) is 33.1. The van der Waals surface area contributed by atoms with Gasteiger partial charge in [-0.3, -0.25) is 0 Å². The van der Waals surface area contributed by atoms with Gasteiger partial charge in [0, 0.05) is 39.7 Å². The third kappa shape index (κ3) is 5.80. The Balaban J connectivity index is 0.909. The standard InChI is InChI=1S/C57H42N2O/c1-4-13-37(14-5-1)42-27-30-47-48-31-28-43(38-15-6-2-7-16-38)35-53(48)59(52(47)34-42)45-29-32-49-55(36-45)60-54-22-12-20-46(56(49)54)39-23-25-40(26-24-39)50-33-44-19-10-11-21-51(44)58-57(50)41-17-8-3-9-18-41/h1-31,34-36,49-50,57-58H,32-33H2/t49?,50?,57-/m0/s1. The Morgan fingerprint density at radius 2 is 1.13 bits per heavy atom. The van der Waals surface area contributed by atoms with E-state index in [1.54, 1.807) is 0 Å². The van der Waals surface area contributed by atoms with Crippen molar-refractivity contribution in [2.24, 2.45) is 0 Å². The number of aromatic nitrogens is 1. The second-order valence-electron chi connectivity index (χ2n) is 16.4. The first-order valence-corrected chi connectivity index (χ1v) is 21.2. The van der Waals surface area contributed by atoms with E-state index in [2.05, 4.69) is 216 Å². The van der Waals surface area contributed by atoms with Crippen LogP contribution in [0, 0.1) is 0 Å². The summed E-state index contributed by atoms with van der Waals surface area (Å²) >= 11 is 0. The fraction of sp³-hybridized carbons (Fsp3) is 0.0877. The van der Waals surface area contributed by atoms with Crippen molar-refractivity contribution in [3.63, 3.8) is 0 Å². The fourth-order valence-corrected chi connectivity index (χ4v) is 10.1. The van der Waals surface area contributed by atoms with Gasteiger partial charge in [-0.05, 0) is 87.2 Å². The Bertz CT molecular complexity index is 3040. The predicted octanol–water partition coefficient (Wildman–Crippen LogP) is 14.6. The number of hydrogen-bond acceptors (Lipinski definition) is 2. The average Bonchev–Trinajstić information content (AvgIpc) is 3.86. The van der Waals surface area contributed by atoms with Gasteiger partial charge in [0.05, 0.1) is 23.0 Å². The molecule has 3 nitrogen and oxygen atoms in total. The minimum absolute atomic E-state index is 0.147. The summed E-state index contributed by atoms with van der Waals surface area (Å²) in [6, 6.07) is 70.9. The van der Waals surface area contributed by atoms with Crippen LogP contribution in [0.25, 0.3) is 60.9 Å². The number of anilines is 1. The summed E-state index contributed by atoms with van der Waals surface area (Å²) in [6.07, 6.45) is 6.57. The van der Waals surface area contributed by atoms with Crippen LogP contribution in [0.4, 0.5) is 5.69 Å². The maximum absolute atomic E-state index is 6.83. The van der Waals surface area contributed by atoms with Gasteiger partial charge in [-0.1, -0.05) is 176 Å². The highest BCUT2D eigenvalue weighted by Gasteiger charge is 2.35. The van der Waals surface area contributed by atoms with Crippen LogP contribution >= 0.6 is 0 Å². The van der Waals surface area contributed by atoms with Crippen molar-refractivity contribution in [1.82, 2.24) is 4.57 Å². The number of nitrogens with one attached hydrogen (secondary N) is 1. The van der Waals surface area contributed by atoms with Crippen molar-refractivity contribution in [2.75, 3.05) is 5.32 Å². The zero-order chi connectivity index (χ0) is 39.6. The molecule has 9 aromatic rings. The minimum Gasteiger partial charge on any atom is -0.461 e. The Morgan fingerprint density at radius 3 is 1.82 bits per heavy atom. The molecule has 0 fully saturated rings. The first-order valence-electron chi connectivity index (χ1n) is 21.2. The number of allylic oxidation sites excluding steroid dienone is 4. The van der Waals surface area contributed by atoms with Crippen LogP contribution in [0.5, 0.6) is 5.75 Å². The van der Waals surface area contributed by atoms with Crippen molar-refractivity contribution < 1.29 is 4.74 Å². The average molecular weight is 771 g/mol. The number of rotatable bonds is 6. The molecule has 8 aromatic carbocycles. The van der Waals surface area contributed by atoms with E-state index in [1.165, 1.54) is 83.1 Å². The molecule has 60 heavy (non-hydrogen) atoms. The topological polar surface area (TPSA) is 26.2 Å². The highest BCUT2D eigenvalue weighted by atomic mass is 16.5. The summed E-state index contributed by atoms with van der Waals surface area (Å²) in [4.78, 5) is 0.